The summed E-state index contributed by atoms with van der Waals surface area (Å²) >= 11 is 5.89. The topological polar surface area (TPSA) is 20.2 Å². The number of benzene rings is 1. The number of aliphatic hydroxyl groups excluding tert-OH is 1. The van der Waals surface area contributed by atoms with Crippen molar-refractivity contribution in [2.75, 3.05) is 0 Å². The van der Waals surface area contributed by atoms with Gasteiger partial charge in [-0.05, 0) is 43.7 Å². The molecule has 0 radical (unpaired) electrons. The van der Waals surface area contributed by atoms with Crippen molar-refractivity contribution in [2.24, 2.45) is 5.92 Å². The Balaban J connectivity index is 1.97. The predicted molar refractivity (Wildman–Crippen MR) is 58.5 cm³/mol. The van der Waals surface area contributed by atoms with Gasteiger partial charge in [-0.1, -0.05) is 17.7 Å². The van der Waals surface area contributed by atoms with Gasteiger partial charge in [0.25, 0.3) is 0 Å². The van der Waals surface area contributed by atoms with Crippen molar-refractivity contribution in [3.8, 4) is 0 Å². The average molecular weight is 229 g/mol. The van der Waals surface area contributed by atoms with Gasteiger partial charge in [0.1, 0.15) is 5.82 Å². The summed E-state index contributed by atoms with van der Waals surface area (Å²) < 4.78 is 13.4. The zero-order valence-corrected chi connectivity index (χ0v) is 9.17. The smallest absolute Gasteiger partial charge is 0.127 e. The molecule has 1 aromatic carbocycles. The lowest BCUT2D eigenvalue weighted by Gasteiger charge is -2.10. The van der Waals surface area contributed by atoms with E-state index in [1.54, 1.807) is 12.1 Å². The highest BCUT2D eigenvalue weighted by Gasteiger charge is 2.29. The molecule has 0 bridgehead atoms. The highest BCUT2D eigenvalue weighted by molar-refractivity contribution is 6.31. The Hall–Kier alpha value is -0.600. The monoisotopic (exact) mass is 228 g/mol. The molecule has 1 unspecified atom stereocenters. The first-order valence-electron chi connectivity index (χ1n) is 5.29. The van der Waals surface area contributed by atoms with Crippen molar-refractivity contribution in [3.63, 3.8) is 0 Å². The van der Waals surface area contributed by atoms with Gasteiger partial charge < -0.3 is 5.11 Å². The molecule has 1 N–H and O–H groups in total. The second-order valence-electron chi connectivity index (χ2n) is 4.14. The summed E-state index contributed by atoms with van der Waals surface area (Å²) in [5, 5.41) is 10.1. The van der Waals surface area contributed by atoms with Crippen molar-refractivity contribution in [3.05, 3.63) is 34.6 Å². The van der Waals surface area contributed by atoms with Gasteiger partial charge >= 0.3 is 0 Å². The number of halogens is 2. The molecule has 2 rings (SSSR count). The third-order valence-electron chi connectivity index (χ3n) is 2.92. The molecular formula is C12H14ClFO. The summed E-state index contributed by atoms with van der Waals surface area (Å²) in [5.74, 6) is 0.168. The van der Waals surface area contributed by atoms with E-state index >= 15 is 0 Å². The molecule has 82 valence electrons. The van der Waals surface area contributed by atoms with Crippen molar-refractivity contribution in [1.82, 2.24) is 0 Å². The quantitative estimate of drug-likeness (QED) is 0.839. The summed E-state index contributed by atoms with van der Waals surface area (Å²) in [6, 6.07) is 4.69. The van der Waals surface area contributed by atoms with E-state index < -0.39 is 0 Å². The van der Waals surface area contributed by atoms with Gasteiger partial charge in [-0.2, -0.15) is 0 Å². The molecule has 0 amide bonds. The van der Waals surface area contributed by atoms with E-state index in [9.17, 15) is 9.50 Å². The fourth-order valence-electron chi connectivity index (χ4n) is 1.78. The fraction of sp³-hybridized carbons (Fsp3) is 0.500. The van der Waals surface area contributed by atoms with E-state index in [-0.39, 0.29) is 11.9 Å². The molecule has 3 heteroatoms. The Labute approximate surface area is 93.9 Å². The molecule has 1 atom stereocenters. The highest BCUT2D eigenvalue weighted by Crippen LogP contribution is 2.34. The molecule has 1 saturated carbocycles. The molecule has 0 aromatic heterocycles. The van der Waals surface area contributed by atoms with E-state index in [2.05, 4.69) is 0 Å². The van der Waals surface area contributed by atoms with Crippen LogP contribution in [0.25, 0.3) is 0 Å². The van der Waals surface area contributed by atoms with E-state index in [0.29, 0.717) is 29.3 Å². The summed E-state index contributed by atoms with van der Waals surface area (Å²) in [7, 11) is 0. The maximum atomic E-state index is 13.4. The van der Waals surface area contributed by atoms with Crippen molar-refractivity contribution >= 4 is 11.6 Å². The first-order valence-corrected chi connectivity index (χ1v) is 5.67. The molecular weight excluding hydrogens is 215 g/mol. The van der Waals surface area contributed by atoms with Crippen LogP contribution in [0.15, 0.2) is 18.2 Å². The molecule has 1 fully saturated rings. The lowest BCUT2D eigenvalue weighted by Crippen LogP contribution is -2.10. The Morgan fingerprint density at radius 1 is 1.47 bits per heavy atom. The van der Waals surface area contributed by atoms with Crippen LogP contribution in [0.1, 0.15) is 24.8 Å². The van der Waals surface area contributed by atoms with Crippen molar-refractivity contribution < 1.29 is 9.50 Å². The zero-order valence-electron chi connectivity index (χ0n) is 8.42. The van der Waals surface area contributed by atoms with Crippen molar-refractivity contribution in [2.45, 2.75) is 31.8 Å². The van der Waals surface area contributed by atoms with E-state index in [1.807, 2.05) is 0 Å². The lowest BCUT2D eigenvalue weighted by atomic mass is 10.0. The number of aliphatic hydroxyl groups is 1. The molecule has 1 nitrogen and oxygen atoms in total. The molecule has 1 aromatic rings. The van der Waals surface area contributed by atoms with Crippen molar-refractivity contribution in [1.29, 1.82) is 0 Å². The minimum absolute atomic E-state index is 0.273. The summed E-state index contributed by atoms with van der Waals surface area (Å²) in [6.07, 6.45) is 3.04. The van der Waals surface area contributed by atoms with Crippen LogP contribution in [-0.2, 0) is 6.42 Å². The second kappa shape index (κ2) is 4.50. The third-order valence-corrected chi connectivity index (χ3v) is 3.27. The van der Waals surface area contributed by atoms with Crippen LogP contribution in [-0.4, -0.2) is 11.2 Å². The summed E-state index contributed by atoms with van der Waals surface area (Å²) in [4.78, 5) is 0. The van der Waals surface area contributed by atoms with Gasteiger partial charge in [-0.3, -0.25) is 0 Å². The van der Waals surface area contributed by atoms with Crippen LogP contribution < -0.4 is 0 Å². The SMILES string of the molecule is OC(CCc1c(F)cccc1Cl)C1CC1. The first kappa shape index (κ1) is 10.9. The summed E-state index contributed by atoms with van der Waals surface area (Å²) in [6.45, 7) is 0. The maximum Gasteiger partial charge on any atom is 0.127 e. The van der Waals surface area contributed by atoms with Gasteiger partial charge in [-0.15, -0.1) is 0 Å². The number of rotatable bonds is 4. The normalized spacial score (nSPS) is 17.8. The Morgan fingerprint density at radius 3 is 2.80 bits per heavy atom. The third kappa shape index (κ3) is 2.70. The fourth-order valence-corrected chi connectivity index (χ4v) is 2.04. The van der Waals surface area contributed by atoms with E-state index in [0.717, 1.165) is 12.8 Å². The molecule has 0 spiro atoms. The summed E-state index contributed by atoms with van der Waals surface area (Å²) in [5.41, 5.74) is 0.527. The largest absolute Gasteiger partial charge is 0.393 e. The van der Waals surface area contributed by atoms with Gasteiger partial charge in [0, 0.05) is 10.6 Å². The molecule has 0 saturated heterocycles. The maximum absolute atomic E-state index is 13.4. The second-order valence-corrected chi connectivity index (χ2v) is 4.55. The van der Waals surface area contributed by atoms with Crippen LogP contribution in [0.5, 0.6) is 0 Å². The minimum Gasteiger partial charge on any atom is -0.393 e. The number of hydrogen-bond donors (Lipinski definition) is 1. The first-order chi connectivity index (χ1) is 7.18. The molecule has 0 heterocycles. The Kier molecular flexibility index (Phi) is 3.27. The standard InChI is InChI=1S/C12H14ClFO/c13-10-2-1-3-11(14)9(10)6-7-12(15)8-4-5-8/h1-3,8,12,15H,4-7H2. The van der Waals surface area contributed by atoms with Crippen LogP contribution in [0.2, 0.25) is 5.02 Å². The average Bonchev–Trinajstić information content (AvgIpc) is 2.99. The Bertz CT molecular complexity index is 329. The van der Waals surface area contributed by atoms with Crippen LogP contribution in [0.3, 0.4) is 0 Å². The molecule has 0 aliphatic heterocycles. The van der Waals surface area contributed by atoms with Crippen LogP contribution in [0, 0.1) is 11.7 Å². The molecule has 15 heavy (non-hydrogen) atoms. The van der Waals surface area contributed by atoms with Crippen LogP contribution in [0.4, 0.5) is 4.39 Å². The Morgan fingerprint density at radius 2 is 2.20 bits per heavy atom. The minimum atomic E-state index is -0.291. The van der Waals surface area contributed by atoms with Gasteiger partial charge in [-0.25, -0.2) is 4.39 Å². The van der Waals surface area contributed by atoms with E-state index in [4.69, 9.17) is 11.6 Å². The lowest BCUT2D eigenvalue weighted by molar-refractivity contribution is 0.141. The molecule has 1 aliphatic rings. The van der Waals surface area contributed by atoms with Gasteiger partial charge in [0.15, 0.2) is 0 Å². The van der Waals surface area contributed by atoms with Gasteiger partial charge in [0.05, 0.1) is 6.10 Å². The van der Waals surface area contributed by atoms with E-state index in [1.165, 1.54) is 6.07 Å². The van der Waals surface area contributed by atoms with Gasteiger partial charge in [0.2, 0.25) is 0 Å². The van der Waals surface area contributed by atoms with Crippen LogP contribution >= 0.6 is 11.6 Å². The zero-order chi connectivity index (χ0) is 10.8. The molecule has 1 aliphatic carbocycles. The predicted octanol–water partition coefficient (Wildman–Crippen LogP) is 3.18. The number of hydrogen-bond acceptors (Lipinski definition) is 1. The highest BCUT2D eigenvalue weighted by atomic mass is 35.5.